The Morgan fingerprint density at radius 3 is 2.06 bits per heavy atom. The summed E-state index contributed by atoms with van der Waals surface area (Å²) in [5.41, 5.74) is 0.467. The largest absolute Gasteiger partial charge is 0.402 e. The van der Waals surface area contributed by atoms with Crippen molar-refractivity contribution in [3.63, 3.8) is 0 Å². The van der Waals surface area contributed by atoms with Crippen LogP contribution in [0.15, 0.2) is 0 Å². The van der Waals surface area contributed by atoms with Gasteiger partial charge < -0.3 is 4.90 Å². The van der Waals surface area contributed by atoms with Crippen LogP contribution in [-0.4, -0.2) is 35.5 Å². The number of hydrogen-bond donors (Lipinski definition) is 0. The minimum absolute atomic E-state index is 0.0968. The predicted molar refractivity (Wildman–Crippen MR) is 70.0 cm³/mol. The van der Waals surface area contributed by atoms with Crippen LogP contribution in [0, 0.1) is 5.41 Å². The third-order valence-electron chi connectivity index (χ3n) is 4.60. The molecule has 18 heavy (non-hydrogen) atoms. The Balaban J connectivity index is 1.79. The number of rotatable bonds is 2. The quantitative estimate of drug-likeness (QED) is 0.681. The topological polar surface area (TPSA) is 3.24 Å². The first kappa shape index (κ1) is 14.6. The molecule has 0 aromatic carbocycles. The van der Waals surface area contributed by atoms with Crippen molar-refractivity contribution in [2.75, 3.05) is 19.6 Å². The van der Waals surface area contributed by atoms with E-state index in [1.807, 2.05) is 4.90 Å². The molecule has 1 aliphatic carbocycles. The summed E-state index contributed by atoms with van der Waals surface area (Å²) in [6.07, 6.45) is 4.58. The summed E-state index contributed by atoms with van der Waals surface area (Å²) in [4.78, 5) is 0.581. The highest BCUT2D eigenvalue weighted by molar-refractivity contribution is 9.09. The van der Waals surface area contributed by atoms with Crippen LogP contribution in [0.5, 0.6) is 0 Å². The van der Waals surface area contributed by atoms with Gasteiger partial charge in [-0.05, 0) is 44.2 Å². The van der Waals surface area contributed by atoms with Crippen molar-refractivity contribution in [1.29, 1.82) is 0 Å². The number of likely N-dealkylation sites (tertiary alicyclic amines) is 1. The second kappa shape index (κ2) is 5.70. The van der Waals surface area contributed by atoms with Gasteiger partial charge in [-0.1, -0.05) is 35.2 Å². The third kappa shape index (κ3) is 3.62. The zero-order valence-corrected chi connectivity index (χ0v) is 12.2. The smallest absolute Gasteiger partial charge is 0.302 e. The Morgan fingerprint density at radius 2 is 1.56 bits per heavy atom. The average Bonchev–Trinajstić information content (AvgIpc) is 2.32. The highest BCUT2D eigenvalue weighted by Gasteiger charge is 2.41. The molecular weight excluding hydrogens is 307 g/mol. The summed E-state index contributed by atoms with van der Waals surface area (Å²) in [5, 5.41) is 0. The molecule has 1 atom stereocenters. The van der Waals surface area contributed by atoms with Crippen molar-refractivity contribution in [1.82, 2.24) is 4.90 Å². The van der Waals surface area contributed by atoms with Crippen molar-refractivity contribution in [2.24, 2.45) is 5.41 Å². The lowest BCUT2D eigenvalue weighted by atomic mass is 9.68. The SMILES string of the molecule is FC(F)(F)C(Br)CN1CCC2(CCCCC2)CC1. The maximum atomic E-state index is 12.5. The fourth-order valence-electron chi connectivity index (χ4n) is 3.34. The molecule has 1 heterocycles. The van der Waals surface area contributed by atoms with E-state index in [0.717, 1.165) is 25.9 Å². The lowest BCUT2D eigenvalue weighted by molar-refractivity contribution is -0.131. The summed E-state index contributed by atoms with van der Waals surface area (Å²) >= 11 is 2.75. The maximum absolute atomic E-state index is 12.5. The van der Waals surface area contributed by atoms with Crippen LogP contribution in [0.1, 0.15) is 44.9 Å². The van der Waals surface area contributed by atoms with Crippen LogP contribution in [-0.2, 0) is 0 Å². The Kier molecular flexibility index (Phi) is 4.63. The zero-order chi connectivity index (χ0) is 13.2. The summed E-state index contributed by atoms with van der Waals surface area (Å²) in [7, 11) is 0. The molecule has 1 saturated carbocycles. The van der Waals surface area contributed by atoms with E-state index in [1.54, 1.807) is 0 Å². The normalized spacial score (nSPS) is 27.3. The van der Waals surface area contributed by atoms with Gasteiger partial charge in [0.2, 0.25) is 0 Å². The Labute approximate surface area is 115 Å². The van der Waals surface area contributed by atoms with Gasteiger partial charge in [0.25, 0.3) is 0 Å². The Bertz CT molecular complexity index is 264. The predicted octanol–water partition coefficient (Wildman–Crippen LogP) is 4.36. The minimum atomic E-state index is -4.13. The number of alkyl halides is 4. The molecule has 1 aliphatic heterocycles. The second-order valence-corrected chi connectivity index (χ2v) is 6.98. The molecule has 0 radical (unpaired) electrons. The molecule has 0 bridgehead atoms. The van der Waals surface area contributed by atoms with Crippen molar-refractivity contribution in [2.45, 2.75) is 55.9 Å². The molecule has 5 heteroatoms. The zero-order valence-electron chi connectivity index (χ0n) is 10.6. The molecule has 2 rings (SSSR count). The monoisotopic (exact) mass is 327 g/mol. The number of nitrogens with zero attached hydrogens (tertiary/aromatic N) is 1. The summed E-state index contributed by atoms with van der Waals surface area (Å²) in [6, 6.07) is 0. The van der Waals surface area contributed by atoms with Gasteiger partial charge in [0.1, 0.15) is 4.83 Å². The van der Waals surface area contributed by atoms with Gasteiger partial charge in [-0.25, -0.2) is 0 Å². The van der Waals surface area contributed by atoms with Gasteiger partial charge in [-0.3, -0.25) is 0 Å². The second-order valence-electron chi connectivity index (χ2n) is 5.87. The van der Waals surface area contributed by atoms with E-state index in [9.17, 15) is 13.2 Å². The summed E-state index contributed by atoms with van der Waals surface area (Å²) < 4.78 is 37.4. The van der Waals surface area contributed by atoms with Gasteiger partial charge in [-0.2, -0.15) is 13.2 Å². The van der Waals surface area contributed by atoms with Crippen LogP contribution in [0.2, 0.25) is 0 Å². The molecule has 0 aromatic rings. The lowest BCUT2D eigenvalue weighted by Gasteiger charge is -2.44. The van der Waals surface area contributed by atoms with Crippen LogP contribution < -0.4 is 0 Å². The first-order valence-corrected chi connectivity index (χ1v) is 7.76. The third-order valence-corrected chi connectivity index (χ3v) is 5.41. The molecule has 0 aromatic heterocycles. The summed E-state index contributed by atoms with van der Waals surface area (Å²) in [6.45, 7) is 1.76. The fourth-order valence-corrected chi connectivity index (χ4v) is 3.75. The number of hydrogen-bond acceptors (Lipinski definition) is 1. The molecular formula is C13H21BrF3N. The van der Waals surface area contributed by atoms with Crippen LogP contribution in [0.4, 0.5) is 13.2 Å². The van der Waals surface area contributed by atoms with E-state index < -0.39 is 11.0 Å². The first-order chi connectivity index (χ1) is 8.41. The van der Waals surface area contributed by atoms with E-state index in [4.69, 9.17) is 0 Å². The van der Waals surface area contributed by atoms with E-state index in [-0.39, 0.29) is 6.54 Å². The molecule has 1 saturated heterocycles. The van der Waals surface area contributed by atoms with E-state index in [1.165, 1.54) is 32.1 Å². The molecule has 0 N–H and O–H groups in total. The Morgan fingerprint density at radius 1 is 1.00 bits per heavy atom. The minimum Gasteiger partial charge on any atom is -0.302 e. The molecule has 1 spiro atoms. The lowest BCUT2D eigenvalue weighted by Crippen LogP contribution is -2.45. The maximum Gasteiger partial charge on any atom is 0.402 e. The molecule has 2 fully saturated rings. The van der Waals surface area contributed by atoms with Gasteiger partial charge in [0.15, 0.2) is 0 Å². The molecule has 1 nitrogen and oxygen atoms in total. The van der Waals surface area contributed by atoms with Gasteiger partial charge in [-0.15, -0.1) is 0 Å². The number of halogens is 4. The van der Waals surface area contributed by atoms with Crippen LogP contribution in [0.25, 0.3) is 0 Å². The highest BCUT2D eigenvalue weighted by atomic mass is 79.9. The van der Waals surface area contributed by atoms with Crippen LogP contribution >= 0.6 is 15.9 Å². The molecule has 106 valence electrons. The van der Waals surface area contributed by atoms with Crippen molar-refractivity contribution >= 4 is 15.9 Å². The van der Waals surface area contributed by atoms with E-state index in [0.29, 0.717) is 5.41 Å². The number of piperidine rings is 1. The van der Waals surface area contributed by atoms with Gasteiger partial charge in [0, 0.05) is 6.54 Å². The first-order valence-electron chi connectivity index (χ1n) is 6.84. The highest BCUT2D eigenvalue weighted by Crippen LogP contribution is 2.44. The molecule has 0 amide bonds. The van der Waals surface area contributed by atoms with Crippen molar-refractivity contribution in [3.05, 3.63) is 0 Å². The standard InChI is InChI=1S/C13H21BrF3N/c14-11(13(15,16)17)10-18-8-6-12(7-9-18)4-2-1-3-5-12/h11H,1-10H2. The Hall–Kier alpha value is 0.230. The van der Waals surface area contributed by atoms with E-state index >= 15 is 0 Å². The van der Waals surface area contributed by atoms with Crippen molar-refractivity contribution < 1.29 is 13.2 Å². The average molecular weight is 328 g/mol. The molecule has 1 unspecified atom stereocenters. The van der Waals surface area contributed by atoms with Gasteiger partial charge in [0.05, 0.1) is 0 Å². The summed E-state index contributed by atoms with van der Waals surface area (Å²) in [5.74, 6) is 0. The fraction of sp³-hybridized carbons (Fsp3) is 1.00. The van der Waals surface area contributed by atoms with E-state index in [2.05, 4.69) is 15.9 Å². The van der Waals surface area contributed by atoms with Gasteiger partial charge >= 0.3 is 6.18 Å². The van der Waals surface area contributed by atoms with Crippen LogP contribution in [0.3, 0.4) is 0 Å². The van der Waals surface area contributed by atoms with Crippen molar-refractivity contribution in [3.8, 4) is 0 Å². The molecule has 2 aliphatic rings.